The van der Waals surface area contributed by atoms with Crippen LogP contribution < -0.4 is 0 Å². The molecule has 1 unspecified atom stereocenters. The molecule has 0 saturated carbocycles. The Morgan fingerprint density at radius 3 is 3.00 bits per heavy atom. The molecule has 4 nitrogen and oxygen atoms in total. The summed E-state index contributed by atoms with van der Waals surface area (Å²) in [5.41, 5.74) is -0.154. The fourth-order valence-corrected chi connectivity index (χ4v) is 1.73. The minimum absolute atomic E-state index is 0.244. The third kappa shape index (κ3) is 1.28. The molecule has 4 heteroatoms. The number of carboxylic acids is 1. The van der Waals surface area contributed by atoms with Crippen molar-refractivity contribution in [2.24, 2.45) is 0 Å². The third-order valence-corrected chi connectivity index (χ3v) is 2.65. The Kier molecular flexibility index (Phi) is 2.21. The molecule has 0 spiro atoms. The van der Waals surface area contributed by atoms with Gasteiger partial charge in [-0.3, -0.25) is 9.78 Å². The molecule has 0 amide bonds. The average Bonchev–Trinajstić information content (AvgIpc) is 2.69. The Bertz CT molecular complexity index is 330. The number of nitrogens with zero attached hydrogens (tertiary/aromatic N) is 1. The van der Waals surface area contributed by atoms with Gasteiger partial charge in [-0.15, -0.1) is 0 Å². The zero-order valence-corrected chi connectivity index (χ0v) is 7.64. The van der Waals surface area contributed by atoms with Crippen molar-refractivity contribution in [1.29, 1.82) is 0 Å². The first-order chi connectivity index (χ1) is 6.76. The molecule has 1 atom stereocenters. The molecule has 0 aliphatic carbocycles. The molecule has 1 aliphatic rings. The summed E-state index contributed by atoms with van der Waals surface area (Å²) < 4.78 is 5.17. The molecule has 0 radical (unpaired) electrons. The van der Waals surface area contributed by atoms with E-state index >= 15 is 0 Å². The van der Waals surface area contributed by atoms with Gasteiger partial charge in [0.1, 0.15) is 5.41 Å². The van der Waals surface area contributed by atoms with Gasteiger partial charge >= 0.3 is 5.97 Å². The molecule has 1 aromatic rings. The number of hydrogen-bond donors (Lipinski definition) is 1. The molecule has 1 fully saturated rings. The highest BCUT2D eigenvalue weighted by Crippen LogP contribution is 2.32. The summed E-state index contributed by atoms with van der Waals surface area (Å²) in [5.74, 6) is -0.831. The third-order valence-electron chi connectivity index (χ3n) is 2.65. The fraction of sp³-hybridized carbons (Fsp3) is 0.400. The number of carbonyl (C=O) groups is 1. The molecule has 0 bridgehead atoms. The number of rotatable bonds is 2. The van der Waals surface area contributed by atoms with Gasteiger partial charge in [0.15, 0.2) is 0 Å². The van der Waals surface area contributed by atoms with E-state index in [2.05, 4.69) is 4.98 Å². The van der Waals surface area contributed by atoms with Crippen molar-refractivity contribution in [2.75, 3.05) is 13.2 Å². The van der Waals surface area contributed by atoms with Crippen LogP contribution >= 0.6 is 0 Å². The van der Waals surface area contributed by atoms with Gasteiger partial charge in [0.25, 0.3) is 0 Å². The minimum Gasteiger partial charge on any atom is -0.481 e. The fourth-order valence-electron chi connectivity index (χ4n) is 1.73. The van der Waals surface area contributed by atoms with E-state index < -0.39 is 11.4 Å². The predicted octanol–water partition coefficient (Wildman–Crippen LogP) is 0.824. The van der Waals surface area contributed by atoms with Crippen molar-refractivity contribution in [1.82, 2.24) is 4.98 Å². The van der Waals surface area contributed by atoms with Gasteiger partial charge in [-0.2, -0.15) is 0 Å². The number of hydrogen-bond acceptors (Lipinski definition) is 3. The molecule has 1 aliphatic heterocycles. The number of ether oxygens (including phenoxy) is 1. The van der Waals surface area contributed by atoms with Crippen molar-refractivity contribution in [3.8, 4) is 0 Å². The van der Waals surface area contributed by atoms with Gasteiger partial charge in [-0.1, -0.05) is 6.07 Å². The van der Waals surface area contributed by atoms with Crippen molar-refractivity contribution < 1.29 is 14.6 Å². The molecule has 1 N–H and O–H groups in total. The van der Waals surface area contributed by atoms with E-state index in [-0.39, 0.29) is 6.61 Å². The highest BCUT2D eigenvalue weighted by molar-refractivity contribution is 5.81. The van der Waals surface area contributed by atoms with Gasteiger partial charge < -0.3 is 9.84 Å². The van der Waals surface area contributed by atoms with Crippen LogP contribution in [0.2, 0.25) is 0 Å². The number of aromatic nitrogens is 1. The monoisotopic (exact) mass is 193 g/mol. The minimum atomic E-state index is -0.881. The maximum absolute atomic E-state index is 11.2. The lowest BCUT2D eigenvalue weighted by Gasteiger charge is -2.21. The largest absolute Gasteiger partial charge is 0.481 e. The Labute approximate surface area is 81.5 Å². The Balaban J connectivity index is 2.42. The van der Waals surface area contributed by atoms with E-state index in [9.17, 15) is 9.90 Å². The molecule has 1 aromatic heterocycles. The van der Waals surface area contributed by atoms with Crippen LogP contribution in [-0.2, 0) is 14.9 Å². The highest BCUT2D eigenvalue weighted by Gasteiger charge is 2.44. The summed E-state index contributed by atoms with van der Waals surface area (Å²) in [7, 11) is 0. The summed E-state index contributed by atoms with van der Waals surface area (Å²) in [5, 5.41) is 9.21. The summed E-state index contributed by atoms with van der Waals surface area (Å²) >= 11 is 0. The van der Waals surface area contributed by atoms with Gasteiger partial charge in [0, 0.05) is 19.0 Å². The van der Waals surface area contributed by atoms with E-state index in [0.29, 0.717) is 13.0 Å². The van der Waals surface area contributed by atoms with E-state index in [1.165, 1.54) is 0 Å². The molecule has 2 heterocycles. The normalized spacial score (nSPS) is 26.3. The molecule has 0 aromatic carbocycles. The van der Waals surface area contributed by atoms with Crippen LogP contribution in [0.1, 0.15) is 12.0 Å². The molecule has 1 saturated heterocycles. The van der Waals surface area contributed by atoms with Gasteiger partial charge in [-0.25, -0.2) is 0 Å². The standard InChI is InChI=1S/C10H11NO3/c12-9(13)10(3-5-14-7-10)8-2-1-4-11-6-8/h1-2,4,6H,3,5,7H2,(H,12,13). The smallest absolute Gasteiger partial charge is 0.316 e. The lowest BCUT2D eigenvalue weighted by atomic mass is 9.81. The van der Waals surface area contributed by atoms with Crippen LogP contribution in [0, 0.1) is 0 Å². The van der Waals surface area contributed by atoms with Crippen molar-refractivity contribution in [3.63, 3.8) is 0 Å². The zero-order chi connectivity index (χ0) is 10.0. The Morgan fingerprint density at radius 2 is 2.50 bits per heavy atom. The van der Waals surface area contributed by atoms with Crippen LogP contribution in [0.15, 0.2) is 24.5 Å². The summed E-state index contributed by atoms with van der Waals surface area (Å²) in [6.07, 6.45) is 3.76. The quantitative estimate of drug-likeness (QED) is 0.755. The SMILES string of the molecule is O=C(O)C1(c2cccnc2)CCOC1. The van der Waals surface area contributed by atoms with Gasteiger partial charge in [0.2, 0.25) is 0 Å². The number of pyridine rings is 1. The second-order valence-corrected chi connectivity index (χ2v) is 3.43. The van der Waals surface area contributed by atoms with Crippen molar-refractivity contribution >= 4 is 5.97 Å². The predicted molar refractivity (Wildman–Crippen MR) is 49.0 cm³/mol. The second kappa shape index (κ2) is 3.38. The first-order valence-corrected chi connectivity index (χ1v) is 4.47. The van der Waals surface area contributed by atoms with Crippen molar-refractivity contribution in [2.45, 2.75) is 11.8 Å². The second-order valence-electron chi connectivity index (χ2n) is 3.43. The van der Waals surface area contributed by atoms with Crippen LogP contribution in [0.5, 0.6) is 0 Å². The highest BCUT2D eigenvalue weighted by atomic mass is 16.5. The van der Waals surface area contributed by atoms with Crippen LogP contribution in [0.3, 0.4) is 0 Å². The Hall–Kier alpha value is -1.42. The summed E-state index contributed by atoms with van der Waals surface area (Å²) in [6.45, 7) is 0.745. The summed E-state index contributed by atoms with van der Waals surface area (Å²) in [6, 6.07) is 3.54. The molecular formula is C10H11NO3. The van der Waals surface area contributed by atoms with E-state index in [1.807, 2.05) is 0 Å². The first-order valence-electron chi connectivity index (χ1n) is 4.47. The lowest BCUT2D eigenvalue weighted by Crippen LogP contribution is -2.36. The van der Waals surface area contributed by atoms with E-state index in [0.717, 1.165) is 5.56 Å². The topological polar surface area (TPSA) is 59.4 Å². The zero-order valence-electron chi connectivity index (χ0n) is 7.64. The molecule has 14 heavy (non-hydrogen) atoms. The number of aliphatic carboxylic acids is 1. The van der Waals surface area contributed by atoms with Crippen LogP contribution in [0.25, 0.3) is 0 Å². The van der Waals surface area contributed by atoms with Crippen LogP contribution in [-0.4, -0.2) is 29.3 Å². The first kappa shape index (κ1) is 9.15. The Morgan fingerprint density at radius 1 is 1.64 bits per heavy atom. The molecule has 2 rings (SSSR count). The van der Waals surface area contributed by atoms with Gasteiger partial charge in [-0.05, 0) is 18.1 Å². The summed E-state index contributed by atoms with van der Waals surface area (Å²) in [4.78, 5) is 15.2. The van der Waals surface area contributed by atoms with E-state index in [1.54, 1.807) is 24.5 Å². The number of carboxylic acid groups (broad SMARTS) is 1. The molecular weight excluding hydrogens is 182 g/mol. The van der Waals surface area contributed by atoms with Crippen molar-refractivity contribution in [3.05, 3.63) is 30.1 Å². The van der Waals surface area contributed by atoms with Crippen LogP contribution in [0.4, 0.5) is 0 Å². The maximum Gasteiger partial charge on any atom is 0.316 e. The van der Waals surface area contributed by atoms with Gasteiger partial charge in [0.05, 0.1) is 6.61 Å². The van der Waals surface area contributed by atoms with E-state index in [4.69, 9.17) is 4.74 Å². The average molecular weight is 193 g/mol. The molecule has 74 valence electrons. The lowest BCUT2D eigenvalue weighted by molar-refractivity contribution is -0.143. The maximum atomic E-state index is 11.2.